The van der Waals surface area contributed by atoms with Crippen LogP contribution in [-0.4, -0.2) is 5.97 Å². The van der Waals surface area contributed by atoms with Crippen molar-refractivity contribution in [3.05, 3.63) is 60.2 Å². The zero-order valence-corrected chi connectivity index (χ0v) is 17.0. The monoisotopic (exact) mass is 370 g/mol. The van der Waals surface area contributed by atoms with Crippen LogP contribution in [0.4, 0.5) is 0 Å². The van der Waals surface area contributed by atoms with E-state index in [0.717, 1.165) is 18.6 Å². The summed E-state index contributed by atoms with van der Waals surface area (Å²) in [7, 11) is 0. The predicted molar refractivity (Wildman–Crippen MR) is 111 cm³/mol. The summed E-state index contributed by atoms with van der Waals surface area (Å²) in [5.74, 6) is 1.41. The minimum atomic E-state index is -0.132. The van der Waals surface area contributed by atoms with Gasteiger partial charge in [0.05, 0.1) is 0 Å². The number of carbonyl (C=O) groups is 1. The molecule has 0 radical (unpaired) electrons. The maximum absolute atomic E-state index is 11.9. The number of rotatable bonds is 9. The van der Waals surface area contributed by atoms with Crippen LogP contribution in [0.1, 0.15) is 58.4 Å². The number of benzene rings is 2. The van der Waals surface area contributed by atoms with Crippen LogP contribution in [0.5, 0.6) is 5.75 Å². The summed E-state index contributed by atoms with van der Waals surface area (Å²) in [5.41, 5.74) is 1.60. The Kier molecular flexibility index (Phi) is 8.24. The Balaban J connectivity index is 1.67. The first-order valence-corrected chi connectivity index (χ1v) is 10.4. The van der Waals surface area contributed by atoms with Crippen LogP contribution in [-0.2, 0) is 10.5 Å². The quantitative estimate of drug-likeness (QED) is 0.208. The second kappa shape index (κ2) is 10.4. The van der Waals surface area contributed by atoms with Crippen LogP contribution in [0, 0.1) is 5.41 Å². The van der Waals surface area contributed by atoms with Crippen LogP contribution >= 0.6 is 11.8 Å². The van der Waals surface area contributed by atoms with E-state index in [1.54, 1.807) is 11.8 Å². The number of hydrogen-bond acceptors (Lipinski definition) is 3. The molecule has 0 amide bonds. The van der Waals surface area contributed by atoms with E-state index in [2.05, 4.69) is 32.9 Å². The summed E-state index contributed by atoms with van der Waals surface area (Å²) in [6, 6.07) is 18.2. The van der Waals surface area contributed by atoms with Crippen molar-refractivity contribution >= 4 is 17.7 Å². The van der Waals surface area contributed by atoms with Gasteiger partial charge in [-0.1, -0.05) is 63.9 Å². The van der Waals surface area contributed by atoms with Crippen molar-refractivity contribution < 1.29 is 9.53 Å². The molecule has 2 aromatic carbocycles. The number of esters is 1. The maximum Gasteiger partial charge on any atom is 0.311 e. The average Bonchev–Trinajstić information content (AvgIpc) is 2.61. The molecule has 0 unspecified atom stereocenters. The lowest BCUT2D eigenvalue weighted by Crippen LogP contribution is -2.08. The third-order valence-electron chi connectivity index (χ3n) is 4.11. The van der Waals surface area contributed by atoms with Crippen molar-refractivity contribution in [2.75, 3.05) is 0 Å². The first-order chi connectivity index (χ1) is 12.4. The minimum absolute atomic E-state index is 0.132. The van der Waals surface area contributed by atoms with E-state index in [4.69, 9.17) is 4.74 Å². The Bertz CT molecular complexity index is 657. The molecule has 0 N–H and O–H groups in total. The molecule has 0 aliphatic heterocycles. The van der Waals surface area contributed by atoms with E-state index in [1.165, 1.54) is 23.3 Å². The molecule has 0 aromatic heterocycles. The molecule has 0 aliphatic carbocycles. The fraction of sp³-hybridized carbons (Fsp3) is 0.435. The molecule has 2 rings (SSSR count). The lowest BCUT2D eigenvalue weighted by Gasteiger charge is -2.17. The van der Waals surface area contributed by atoms with E-state index in [0.29, 0.717) is 17.6 Å². The van der Waals surface area contributed by atoms with Gasteiger partial charge in [-0.3, -0.25) is 4.79 Å². The van der Waals surface area contributed by atoms with Crippen LogP contribution < -0.4 is 4.74 Å². The van der Waals surface area contributed by atoms with Gasteiger partial charge in [-0.2, -0.15) is 0 Å². The zero-order chi connectivity index (χ0) is 18.8. The largest absolute Gasteiger partial charge is 0.427 e. The SMILES string of the molecule is CC(C)(C)CCCCCC(=O)Oc1ccc(CSc2ccccc2)cc1. The second-order valence-corrected chi connectivity index (χ2v) is 8.89. The first kappa shape index (κ1) is 20.6. The van der Waals surface area contributed by atoms with Crippen molar-refractivity contribution in [3.8, 4) is 5.75 Å². The van der Waals surface area contributed by atoms with Crippen molar-refractivity contribution in [1.82, 2.24) is 0 Å². The molecule has 0 bridgehead atoms. The van der Waals surface area contributed by atoms with Crippen molar-refractivity contribution in [2.24, 2.45) is 5.41 Å². The van der Waals surface area contributed by atoms with Gasteiger partial charge in [-0.25, -0.2) is 0 Å². The van der Waals surface area contributed by atoms with Gasteiger partial charge in [0.2, 0.25) is 0 Å². The molecule has 0 heterocycles. The molecule has 0 saturated heterocycles. The number of ether oxygens (including phenoxy) is 1. The normalized spacial score (nSPS) is 11.3. The molecule has 0 atom stereocenters. The van der Waals surface area contributed by atoms with Crippen molar-refractivity contribution in [3.63, 3.8) is 0 Å². The molecule has 2 nitrogen and oxygen atoms in total. The summed E-state index contributed by atoms with van der Waals surface area (Å²) in [5, 5.41) is 0. The molecular weight excluding hydrogens is 340 g/mol. The molecule has 0 spiro atoms. The molecule has 3 heteroatoms. The van der Waals surface area contributed by atoms with Gasteiger partial charge in [-0.05, 0) is 48.1 Å². The Labute approximate surface area is 162 Å². The highest BCUT2D eigenvalue weighted by molar-refractivity contribution is 7.98. The second-order valence-electron chi connectivity index (χ2n) is 7.84. The fourth-order valence-electron chi connectivity index (χ4n) is 2.62. The Morgan fingerprint density at radius 3 is 2.27 bits per heavy atom. The maximum atomic E-state index is 11.9. The summed E-state index contributed by atoms with van der Waals surface area (Å²) in [6.07, 6.45) is 4.85. The van der Waals surface area contributed by atoms with Gasteiger partial charge in [0.15, 0.2) is 0 Å². The molecule has 0 aliphatic rings. The predicted octanol–water partition coefficient (Wildman–Crippen LogP) is 6.88. The third kappa shape index (κ3) is 8.57. The lowest BCUT2D eigenvalue weighted by molar-refractivity contribution is -0.134. The van der Waals surface area contributed by atoms with Crippen molar-refractivity contribution in [2.45, 2.75) is 63.5 Å². The van der Waals surface area contributed by atoms with Crippen LogP contribution in [0.25, 0.3) is 0 Å². The van der Waals surface area contributed by atoms with Gasteiger partial charge < -0.3 is 4.74 Å². The van der Waals surface area contributed by atoms with Crippen LogP contribution in [0.2, 0.25) is 0 Å². The first-order valence-electron chi connectivity index (χ1n) is 9.40. The van der Waals surface area contributed by atoms with Gasteiger partial charge in [0.25, 0.3) is 0 Å². The Hall–Kier alpha value is -1.74. The molecule has 2 aromatic rings. The average molecular weight is 371 g/mol. The third-order valence-corrected chi connectivity index (χ3v) is 5.19. The molecule has 0 saturated carbocycles. The van der Waals surface area contributed by atoms with Crippen molar-refractivity contribution in [1.29, 1.82) is 0 Å². The Morgan fingerprint density at radius 1 is 0.923 bits per heavy atom. The summed E-state index contributed by atoms with van der Waals surface area (Å²) >= 11 is 1.80. The van der Waals surface area contributed by atoms with E-state index >= 15 is 0 Å². The van der Waals surface area contributed by atoms with E-state index in [-0.39, 0.29) is 5.97 Å². The molecule has 26 heavy (non-hydrogen) atoms. The van der Waals surface area contributed by atoms with Crippen LogP contribution in [0.15, 0.2) is 59.5 Å². The summed E-state index contributed by atoms with van der Waals surface area (Å²) < 4.78 is 5.43. The number of hydrogen-bond donors (Lipinski definition) is 0. The standard InChI is InChI=1S/C23H30O2S/c1-23(2,3)17-9-5-8-12-22(24)25-20-15-13-19(14-16-20)18-26-21-10-6-4-7-11-21/h4,6-7,10-11,13-16H,5,8-9,12,17-18H2,1-3H3. The number of carbonyl (C=O) groups excluding carboxylic acids is 1. The Morgan fingerprint density at radius 2 is 1.62 bits per heavy atom. The minimum Gasteiger partial charge on any atom is -0.427 e. The summed E-state index contributed by atoms with van der Waals surface area (Å²) in [4.78, 5) is 13.2. The molecule has 140 valence electrons. The van der Waals surface area contributed by atoms with E-state index in [1.807, 2.05) is 42.5 Å². The van der Waals surface area contributed by atoms with Gasteiger partial charge in [0, 0.05) is 17.1 Å². The van der Waals surface area contributed by atoms with Crippen LogP contribution in [0.3, 0.4) is 0 Å². The van der Waals surface area contributed by atoms with Gasteiger partial charge in [0.1, 0.15) is 5.75 Å². The number of thioether (sulfide) groups is 1. The smallest absolute Gasteiger partial charge is 0.311 e. The van der Waals surface area contributed by atoms with Gasteiger partial charge >= 0.3 is 5.97 Å². The number of unbranched alkanes of at least 4 members (excludes halogenated alkanes) is 2. The van der Waals surface area contributed by atoms with E-state index < -0.39 is 0 Å². The fourth-order valence-corrected chi connectivity index (χ4v) is 3.50. The van der Waals surface area contributed by atoms with Gasteiger partial charge in [-0.15, -0.1) is 11.8 Å². The summed E-state index contributed by atoms with van der Waals surface area (Å²) in [6.45, 7) is 6.76. The van der Waals surface area contributed by atoms with E-state index in [9.17, 15) is 4.79 Å². The molecular formula is C23H30O2S. The topological polar surface area (TPSA) is 26.3 Å². The highest BCUT2D eigenvalue weighted by Crippen LogP contribution is 2.24. The highest BCUT2D eigenvalue weighted by Gasteiger charge is 2.10. The lowest BCUT2D eigenvalue weighted by atomic mass is 9.89. The molecule has 0 fully saturated rings. The zero-order valence-electron chi connectivity index (χ0n) is 16.2. The highest BCUT2D eigenvalue weighted by atomic mass is 32.2.